The molecule has 0 amide bonds. The summed E-state index contributed by atoms with van der Waals surface area (Å²) in [4.78, 5) is 4.70. The molecule has 4 nitrogen and oxygen atoms in total. The maximum atomic E-state index is 9.12. The first kappa shape index (κ1) is 15.3. The third-order valence-electron chi connectivity index (χ3n) is 4.91. The summed E-state index contributed by atoms with van der Waals surface area (Å²) in [6, 6.07) is 10.7. The zero-order valence-corrected chi connectivity index (χ0v) is 14.8. The van der Waals surface area contributed by atoms with E-state index in [1.807, 2.05) is 35.2 Å². The first-order chi connectivity index (χ1) is 11.8. The van der Waals surface area contributed by atoms with Crippen LogP contribution in [0.1, 0.15) is 37.3 Å². The predicted molar refractivity (Wildman–Crippen MR) is 96.4 cm³/mol. The highest BCUT2D eigenvalue weighted by Crippen LogP contribution is 2.38. The minimum atomic E-state index is 0.205. The molecule has 1 aromatic carbocycles. The highest BCUT2D eigenvalue weighted by Gasteiger charge is 2.26. The van der Waals surface area contributed by atoms with Crippen molar-refractivity contribution in [1.29, 1.82) is 5.26 Å². The summed E-state index contributed by atoms with van der Waals surface area (Å²) < 4.78 is 2.99. The molecule has 0 unspecified atom stereocenters. The van der Waals surface area contributed by atoms with Gasteiger partial charge in [0, 0.05) is 34.3 Å². The van der Waals surface area contributed by atoms with E-state index in [9.17, 15) is 0 Å². The molecular formula is C19H17BrN4. The molecule has 0 spiro atoms. The molecular weight excluding hydrogens is 364 g/mol. The molecule has 24 heavy (non-hydrogen) atoms. The lowest BCUT2D eigenvalue weighted by molar-refractivity contribution is 0.378. The van der Waals surface area contributed by atoms with E-state index < -0.39 is 0 Å². The molecule has 1 fully saturated rings. The largest absolute Gasteiger partial charge is 0.257 e. The molecule has 3 aromatic rings. The van der Waals surface area contributed by atoms with E-state index >= 15 is 0 Å². The molecule has 5 heteroatoms. The molecule has 1 aliphatic carbocycles. The lowest BCUT2D eigenvalue weighted by Crippen LogP contribution is -2.14. The fourth-order valence-corrected chi connectivity index (χ4v) is 3.87. The second kappa shape index (κ2) is 6.37. The van der Waals surface area contributed by atoms with Crippen LogP contribution in [-0.2, 0) is 0 Å². The Kier molecular flexibility index (Phi) is 4.07. The van der Waals surface area contributed by atoms with E-state index in [4.69, 9.17) is 10.2 Å². The second-order valence-electron chi connectivity index (χ2n) is 6.35. The number of rotatable bonds is 2. The van der Waals surface area contributed by atoms with Crippen LogP contribution in [0.3, 0.4) is 0 Å². The van der Waals surface area contributed by atoms with Gasteiger partial charge in [0.05, 0.1) is 23.5 Å². The van der Waals surface area contributed by atoms with E-state index in [1.54, 1.807) is 0 Å². The standard InChI is InChI=1S/C19H17BrN4/c20-16-7-5-14(6-8-16)17-12-23-24-10-9-22-18(19(17)24)15-3-1-13(11-21)2-4-15/h5-10,12-13,15H,1-4H2/t13-,15+. The maximum absolute atomic E-state index is 9.12. The van der Waals surface area contributed by atoms with Crippen LogP contribution in [-0.4, -0.2) is 14.6 Å². The van der Waals surface area contributed by atoms with Crippen molar-refractivity contribution in [1.82, 2.24) is 14.6 Å². The lowest BCUT2D eigenvalue weighted by atomic mass is 9.80. The van der Waals surface area contributed by atoms with Crippen LogP contribution in [0.5, 0.6) is 0 Å². The van der Waals surface area contributed by atoms with Crippen molar-refractivity contribution < 1.29 is 0 Å². The summed E-state index contributed by atoms with van der Waals surface area (Å²) in [7, 11) is 0. The molecule has 1 saturated carbocycles. The molecule has 0 saturated heterocycles. The number of benzene rings is 1. The summed E-state index contributed by atoms with van der Waals surface area (Å²) >= 11 is 3.49. The molecule has 0 radical (unpaired) electrons. The van der Waals surface area contributed by atoms with Crippen LogP contribution < -0.4 is 0 Å². The van der Waals surface area contributed by atoms with E-state index in [0.29, 0.717) is 5.92 Å². The van der Waals surface area contributed by atoms with Crippen molar-refractivity contribution in [2.45, 2.75) is 31.6 Å². The van der Waals surface area contributed by atoms with Crippen LogP contribution in [0.15, 0.2) is 47.3 Å². The maximum Gasteiger partial charge on any atom is 0.0958 e. The Morgan fingerprint density at radius 1 is 1.12 bits per heavy atom. The summed E-state index contributed by atoms with van der Waals surface area (Å²) in [5.41, 5.74) is 4.48. The van der Waals surface area contributed by atoms with Gasteiger partial charge in [-0.05, 0) is 43.4 Å². The zero-order chi connectivity index (χ0) is 16.5. The summed E-state index contributed by atoms with van der Waals surface area (Å²) in [6.07, 6.45) is 9.63. The van der Waals surface area contributed by atoms with E-state index in [1.165, 1.54) is 0 Å². The van der Waals surface area contributed by atoms with Gasteiger partial charge in [-0.25, -0.2) is 4.52 Å². The van der Waals surface area contributed by atoms with Gasteiger partial charge in [-0.2, -0.15) is 10.4 Å². The van der Waals surface area contributed by atoms with Crippen molar-refractivity contribution >= 4 is 21.4 Å². The fraction of sp³-hybridized carbons (Fsp3) is 0.316. The van der Waals surface area contributed by atoms with Crippen LogP contribution >= 0.6 is 15.9 Å². The van der Waals surface area contributed by atoms with Gasteiger partial charge in [0.2, 0.25) is 0 Å². The average molecular weight is 381 g/mol. The SMILES string of the molecule is N#C[C@H]1CC[C@@H](c2nccn3ncc(-c4ccc(Br)cc4)c23)CC1. The summed E-state index contributed by atoms with van der Waals surface area (Å²) in [5, 5.41) is 13.6. The molecule has 0 atom stereocenters. The highest BCUT2D eigenvalue weighted by molar-refractivity contribution is 9.10. The van der Waals surface area contributed by atoms with Crippen molar-refractivity contribution in [2.24, 2.45) is 5.92 Å². The Labute approximate surface area is 149 Å². The molecule has 4 rings (SSSR count). The lowest BCUT2D eigenvalue weighted by Gasteiger charge is -2.24. The number of halogens is 1. The minimum Gasteiger partial charge on any atom is -0.257 e. The van der Waals surface area contributed by atoms with Gasteiger partial charge >= 0.3 is 0 Å². The first-order valence-corrected chi connectivity index (χ1v) is 9.03. The fourth-order valence-electron chi connectivity index (χ4n) is 3.60. The molecule has 0 aliphatic heterocycles. The van der Waals surface area contributed by atoms with Crippen molar-refractivity contribution in [2.75, 3.05) is 0 Å². The Balaban J connectivity index is 1.78. The third kappa shape index (κ3) is 2.71. The predicted octanol–water partition coefficient (Wildman–Crippen LogP) is 4.96. The normalized spacial score (nSPS) is 20.8. The molecule has 2 heterocycles. The molecule has 2 aromatic heterocycles. The Morgan fingerprint density at radius 2 is 1.88 bits per heavy atom. The van der Waals surface area contributed by atoms with Crippen molar-refractivity contribution in [3.05, 3.63) is 53.0 Å². The number of aromatic nitrogens is 3. The first-order valence-electron chi connectivity index (χ1n) is 8.24. The quantitative estimate of drug-likeness (QED) is 0.631. The Morgan fingerprint density at radius 3 is 2.58 bits per heavy atom. The van der Waals surface area contributed by atoms with Crippen LogP contribution in [0.2, 0.25) is 0 Å². The number of nitriles is 1. The number of hydrogen-bond acceptors (Lipinski definition) is 3. The van der Waals surface area contributed by atoms with Crippen LogP contribution in [0.4, 0.5) is 0 Å². The zero-order valence-electron chi connectivity index (χ0n) is 13.2. The van der Waals surface area contributed by atoms with Gasteiger partial charge in [-0.1, -0.05) is 28.1 Å². The van der Waals surface area contributed by atoms with Gasteiger partial charge in [0.1, 0.15) is 0 Å². The molecule has 1 aliphatic rings. The molecule has 0 bridgehead atoms. The Hall–Kier alpha value is -2.19. The van der Waals surface area contributed by atoms with Crippen LogP contribution in [0.25, 0.3) is 16.6 Å². The van der Waals surface area contributed by atoms with Gasteiger partial charge in [0.15, 0.2) is 0 Å². The second-order valence-corrected chi connectivity index (χ2v) is 7.26. The van der Waals surface area contributed by atoms with Crippen molar-refractivity contribution in [3.63, 3.8) is 0 Å². The number of nitrogens with zero attached hydrogens (tertiary/aromatic N) is 4. The Bertz CT molecular complexity index is 899. The van der Waals surface area contributed by atoms with Crippen molar-refractivity contribution in [3.8, 4) is 17.2 Å². The number of fused-ring (bicyclic) bond motifs is 1. The van der Waals surface area contributed by atoms with Gasteiger partial charge in [0.25, 0.3) is 0 Å². The third-order valence-corrected chi connectivity index (χ3v) is 5.44. The smallest absolute Gasteiger partial charge is 0.0958 e. The summed E-state index contributed by atoms with van der Waals surface area (Å²) in [6.45, 7) is 0. The van der Waals surface area contributed by atoms with E-state index in [2.05, 4.69) is 39.2 Å². The average Bonchev–Trinajstić information content (AvgIpc) is 3.07. The number of hydrogen-bond donors (Lipinski definition) is 0. The van der Waals surface area contributed by atoms with Gasteiger partial charge in [-0.3, -0.25) is 4.98 Å². The minimum absolute atomic E-state index is 0.205. The van der Waals surface area contributed by atoms with E-state index in [0.717, 1.165) is 52.5 Å². The topological polar surface area (TPSA) is 54.0 Å². The monoisotopic (exact) mass is 380 g/mol. The van der Waals surface area contributed by atoms with E-state index in [-0.39, 0.29) is 5.92 Å². The van der Waals surface area contributed by atoms with Gasteiger partial charge < -0.3 is 0 Å². The molecule has 120 valence electrons. The summed E-state index contributed by atoms with van der Waals surface area (Å²) in [5.74, 6) is 0.612. The molecule has 0 N–H and O–H groups in total. The highest BCUT2D eigenvalue weighted by atomic mass is 79.9. The van der Waals surface area contributed by atoms with Gasteiger partial charge in [-0.15, -0.1) is 0 Å². The van der Waals surface area contributed by atoms with Crippen LogP contribution in [0, 0.1) is 17.2 Å².